The standard InChI is InChI=1S/C18H26N2O/c1-5-20-14(2)9-18(15(20)3)12-19-11-16-7-6-8-17(10-16)13-21-4/h6-10,19H,5,11-13H2,1-4H3. The van der Waals surface area contributed by atoms with Gasteiger partial charge < -0.3 is 14.6 Å². The SMILES string of the molecule is CCn1c(C)cc(CNCc2cccc(COC)c2)c1C. The zero-order valence-electron chi connectivity index (χ0n) is 13.6. The minimum atomic E-state index is 0.672. The van der Waals surface area contributed by atoms with Crippen molar-refractivity contribution >= 4 is 0 Å². The third-order valence-corrected chi connectivity index (χ3v) is 3.94. The summed E-state index contributed by atoms with van der Waals surface area (Å²) in [6.45, 7) is 10.1. The average Bonchev–Trinajstić information content (AvgIpc) is 2.74. The Labute approximate surface area is 127 Å². The summed E-state index contributed by atoms with van der Waals surface area (Å²) in [5.41, 5.74) is 6.63. The molecule has 0 spiro atoms. The fourth-order valence-corrected chi connectivity index (χ4v) is 2.88. The molecule has 0 aliphatic rings. The number of aromatic nitrogens is 1. The van der Waals surface area contributed by atoms with Crippen molar-refractivity contribution in [1.29, 1.82) is 0 Å². The van der Waals surface area contributed by atoms with Gasteiger partial charge in [-0.2, -0.15) is 0 Å². The second-order valence-corrected chi connectivity index (χ2v) is 5.50. The van der Waals surface area contributed by atoms with Crippen molar-refractivity contribution in [2.24, 2.45) is 0 Å². The van der Waals surface area contributed by atoms with Crippen LogP contribution in [-0.2, 0) is 31.0 Å². The molecule has 3 nitrogen and oxygen atoms in total. The Bertz CT molecular complexity index is 587. The van der Waals surface area contributed by atoms with Crippen molar-refractivity contribution in [3.05, 3.63) is 58.4 Å². The highest BCUT2D eigenvalue weighted by Gasteiger charge is 2.07. The Balaban J connectivity index is 1.94. The minimum Gasteiger partial charge on any atom is -0.380 e. The van der Waals surface area contributed by atoms with Crippen molar-refractivity contribution in [3.8, 4) is 0 Å². The van der Waals surface area contributed by atoms with Crippen LogP contribution in [0.3, 0.4) is 0 Å². The maximum atomic E-state index is 5.18. The minimum absolute atomic E-state index is 0.672. The number of methoxy groups -OCH3 is 1. The molecule has 0 saturated heterocycles. The Kier molecular flexibility index (Phi) is 5.59. The first kappa shape index (κ1) is 15.8. The summed E-state index contributed by atoms with van der Waals surface area (Å²) in [4.78, 5) is 0. The first-order valence-electron chi connectivity index (χ1n) is 7.58. The molecule has 0 aliphatic carbocycles. The highest BCUT2D eigenvalue weighted by molar-refractivity contribution is 5.27. The Morgan fingerprint density at radius 3 is 2.52 bits per heavy atom. The number of hydrogen-bond donors (Lipinski definition) is 1. The van der Waals surface area contributed by atoms with Gasteiger partial charge in [-0.05, 0) is 43.5 Å². The summed E-state index contributed by atoms with van der Waals surface area (Å²) in [6.07, 6.45) is 0. The smallest absolute Gasteiger partial charge is 0.0713 e. The molecule has 1 aromatic carbocycles. The van der Waals surface area contributed by atoms with Crippen LogP contribution >= 0.6 is 0 Å². The Morgan fingerprint density at radius 1 is 1.10 bits per heavy atom. The quantitative estimate of drug-likeness (QED) is 0.842. The molecule has 0 aliphatic heterocycles. The molecule has 0 bridgehead atoms. The first-order chi connectivity index (χ1) is 10.2. The molecule has 0 unspecified atom stereocenters. The lowest BCUT2D eigenvalue weighted by atomic mass is 10.1. The molecular formula is C18H26N2O. The second kappa shape index (κ2) is 7.43. The van der Waals surface area contributed by atoms with Gasteiger partial charge in [-0.15, -0.1) is 0 Å². The molecule has 0 fully saturated rings. The number of rotatable bonds is 7. The van der Waals surface area contributed by atoms with Crippen molar-refractivity contribution in [2.75, 3.05) is 7.11 Å². The summed E-state index contributed by atoms with van der Waals surface area (Å²) in [6, 6.07) is 10.8. The summed E-state index contributed by atoms with van der Waals surface area (Å²) >= 11 is 0. The van der Waals surface area contributed by atoms with Crippen molar-refractivity contribution in [1.82, 2.24) is 9.88 Å². The maximum Gasteiger partial charge on any atom is 0.0713 e. The van der Waals surface area contributed by atoms with Crippen molar-refractivity contribution < 1.29 is 4.74 Å². The molecule has 1 heterocycles. The van der Waals surface area contributed by atoms with Crippen LogP contribution in [0, 0.1) is 13.8 Å². The lowest BCUT2D eigenvalue weighted by Crippen LogP contribution is -2.13. The number of benzene rings is 1. The van der Waals surface area contributed by atoms with Crippen LogP contribution in [0.2, 0.25) is 0 Å². The third kappa shape index (κ3) is 3.96. The Morgan fingerprint density at radius 2 is 1.86 bits per heavy atom. The van der Waals surface area contributed by atoms with E-state index < -0.39 is 0 Å². The van der Waals surface area contributed by atoms with E-state index in [0.29, 0.717) is 6.61 Å². The van der Waals surface area contributed by atoms with Gasteiger partial charge in [-0.3, -0.25) is 0 Å². The molecular weight excluding hydrogens is 260 g/mol. The number of nitrogens with one attached hydrogen (secondary N) is 1. The average molecular weight is 286 g/mol. The fraction of sp³-hybridized carbons (Fsp3) is 0.444. The molecule has 0 atom stereocenters. The van der Waals surface area contributed by atoms with Gasteiger partial charge in [0.1, 0.15) is 0 Å². The lowest BCUT2D eigenvalue weighted by Gasteiger charge is -2.08. The molecule has 1 N–H and O–H groups in total. The predicted octanol–water partition coefficient (Wildman–Crippen LogP) is 3.56. The van der Waals surface area contributed by atoms with Crippen LogP contribution in [0.4, 0.5) is 0 Å². The number of hydrogen-bond acceptors (Lipinski definition) is 2. The third-order valence-electron chi connectivity index (χ3n) is 3.94. The van der Waals surface area contributed by atoms with Crippen LogP contribution in [0.1, 0.15) is 35.0 Å². The molecule has 0 radical (unpaired) electrons. The van der Waals surface area contributed by atoms with E-state index in [9.17, 15) is 0 Å². The van der Waals surface area contributed by atoms with E-state index in [-0.39, 0.29) is 0 Å². The van der Waals surface area contributed by atoms with Crippen LogP contribution in [-0.4, -0.2) is 11.7 Å². The largest absolute Gasteiger partial charge is 0.380 e. The van der Waals surface area contributed by atoms with E-state index in [0.717, 1.165) is 19.6 Å². The zero-order valence-corrected chi connectivity index (χ0v) is 13.6. The van der Waals surface area contributed by atoms with E-state index in [1.165, 1.54) is 28.1 Å². The number of ether oxygens (including phenoxy) is 1. The topological polar surface area (TPSA) is 26.2 Å². The normalized spacial score (nSPS) is 11.0. The second-order valence-electron chi connectivity index (χ2n) is 5.50. The molecule has 2 rings (SSSR count). The molecule has 0 amide bonds. The van der Waals surface area contributed by atoms with Gasteiger partial charge >= 0.3 is 0 Å². The predicted molar refractivity (Wildman–Crippen MR) is 87.3 cm³/mol. The highest BCUT2D eigenvalue weighted by Crippen LogP contribution is 2.15. The zero-order chi connectivity index (χ0) is 15.2. The van der Waals surface area contributed by atoms with E-state index in [1.54, 1.807) is 7.11 Å². The fourth-order valence-electron chi connectivity index (χ4n) is 2.88. The number of nitrogens with zero attached hydrogens (tertiary/aromatic N) is 1. The Hall–Kier alpha value is -1.58. The van der Waals surface area contributed by atoms with Gasteiger partial charge in [-0.25, -0.2) is 0 Å². The van der Waals surface area contributed by atoms with Crippen LogP contribution in [0.25, 0.3) is 0 Å². The summed E-state index contributed by atoms with van der Waals surface area (Å²) in [5.74, 6) is 0. The van der Waals surface area contributed by atoms with Crippen LogP contribution < -0.4 is 5.32 Å². The first-order valence-corrected chi connectivity index (χ1v) is 7.58. The molecule has 114 valence electrons. The van der Waals surface area contributed by atoms with Gasteiger partial charge in [0.2, 0.25) is 0 Å². The van der Waals surface area contributed by atoms with E-state index in [2.05, 4.69) is 61.0 Å². The maximum absolute atomic E-state index is 5.18. The van der Waals surface area contributed by atoms with Crippen molar-refractivity contribution in [2.45, 2.75) is 47.0 Å². The monoisotopic (exact) mass is 286 g/mol. The summed E-state index contributed by atoms with van der Waals surface area (Å²) in [7, 11) is 1.73. The summed E-state index contributed by atoms with van der Waals surface area (Å²) in [5, 5.41) is 3.54. The van der Waals surface area contributed by atoms with Crippen molar-refractivity contribution in [3.63, 3.8) is 0 Å². The van der Waals surface area contributed by atoms with Gasteiger partial charge in [0.25, 0.3) is 0 Å². The van der Waals surface area contributed by atoms with Crippen LogP contribution in [0.15, 0.2) is 30.3 Å². The van der Waals surface area contributed by atoms with E-state index >= 15 is 0 Å². The van der Waals surface area contributed by atoms with Gasteiger partial charge in [0.15, 0.2) is 0 Å². The van der Waals surface area contributed by atoms with Gasteiger partial charge in [0, 0.05) is 38.1 Å². The number of aryl methyl sites for hydroxylation is 1. The highest BCUT2D eigenvalue weighted by atomic mass is 16.5. The van der Waals surface area contributed by atoms with Crippen LogP contribution in [0.5, 0.6) is 0 Å². The molecule has 3 heteroatoms. The molecule has 2 aromatic rings. The van der Waals surface area contributed by atoms with Gasteiger partial charge in [0.05, 0.1) is 6.61 Å². The summed E-state index contributed by atoms with van der Waals surface area (Å²) < 4.78 is 7.53. The van der Waals surface area contributed by atoms with Gasteiger partial charge in [-0.1, -0.05) is 24.3 Å². The van der Waals surface area contributed by atoms with E-state index in [1.807, 2.05) is 0 Å². The molecule has 21 heavy (non-hydrogen) atoms. The molecule has 1 aromatic heterocycles. The molecule has 0 saturated carbocycles. The lowest BCUT2D eigenvalue weighted by molar-refractivity contribution is 0.185. The van der Waals surface area contributed by atoms with E-state index in [4.69, 9.17) is 4.74 Å².